The van der Waals surface area contributed by atoms with Crippen molar-refractivity contribution in [2.45, 2.75) is 19.3 Å². The average molecular weight is 229 g/mol. The van der Waals surface area contributed by atoms with Crippen LogP contribution in [0.25, 0.3) is 0 Å². The van der Waals surface area contributed by atoms with Crippen molar-refractivity contribution in [2.75, 3.05) is 27.3 Å². The molecule has 1 aliphatic carbocycles. The first kappa shape index (κ1) is 14.8. The van der Waals surface area contributed by atoms with E-state index in [1.165, 1.54) is 0 Å². The van der Waals surface area contributed by atoms with E-state index in [1.807, 2.05) is 14.1 Å². The van der Waals surface area contributed by atoms with Crippen molar-refractivity contribution in [1.82, 2.24) is 4.90 Å². The van der Waals surface area contributed by atoms with Crippen LogP contribution in [0, 0.1) is 0 Å². The largest absolute Gasteiger partial charge is 0.394 e. The minimum atomic E-state index is -0.125. The van der Waals surface area contributed by atoms with Crippen LogP contribution in [0.1, 0.15) is 19.3 Å². The molecular formula is C11H19NO4. The zero-order valence-corrected chi connectivity index (χ0v) is 9.77. The third kappa shape index (κ3) is 6.31. The van der Waals surface area contributed by atoms with Gasteiger partial charge in [0.15, 0.2) is 5.78 Å². The van der Waals surface area contributed by atoms with Gasteiger partial charge in [-0.2, -0.15) is 0 Å². The Bertz CT molecular complexity index is 269. The number of ketones is 2. The van der Waals surface area contributed by atoms with Gasteiger partial charge in [-0.05, 0) is 0 Å². The second-order valence-electron chi connectivity index (χ2n) is 3.70. The molecule has 16 heavy (non-hydrogen) atoms. The quantitative estimate of drug-likeness (QED) is 0.637. The third-order valence-corrected chi connectivity index (χ3v) is 1.89. The first-order chi connectivity index (χ1) is 7.51. The van der Waals surface area contributed by atoms with Crippen LogP contribution >= 0.6 is 0 Å². The molecule has 1 aliphatic rings. The third-order valence-electron chi connectivity index (χ3n) is 1.89. The summed E-state index contributed by atoms with van der Waals surface area (Å²) < 4.78 is 0. The molecule has 5 nitrogen and oxygen atoms in total. The maximum absolute atomic E-state index is 11.2. The number of aliphatic hydroxyl groups is 2. The predicted octanol–water partition coefficient (Wildman–Crippen LogP) is -0.275. The van der Waals surface area contributed by atoms with Gasteiger partial charge < -0.3 is 15.1 Å². The fraction of sp³-hybridized carbons (Fsp3) is 0.636. The first-order valence-corrected chi connectivity index (χ1v) is 5.15. The summed E-state index contributed by atoms with van der Waals surface area (Å²) in [5, 5.41) is 15.2. The van der Waals surface area contributed by atoms with E-state index in [0.29, 0.717) is 24.8 Å². The number of nitrogens with zero attached hydrogens (tertiary/aromatic N) is 1. The molecule has 0 radical (unpaired) electrons. The number of rotatable bonds is 2. The first-order valence-electron chi connectivity index (χ1n) is 5.15. The molecule has 0 aromatic carbocycles. The second-order valence-corrected chi connectivity index (χ2v) is 3.70. The Morgan fingerprint density at radius 3 is 2.19 bits per heavy atom. The fourth-order valence-electron chi connectivity index (χ4n) is 1.24. The molecule has 1 fully saturated rings. The highest BCUT2D eigenvalue weighted by atomic mass is 16.3. The Kier molecular flexibility index (Phi) is 7.41. The van der Waals surface area contributed by atoms with Crippen LogP contribution in [-0.2, 0) is 9.59 Å². The van der Waals surface area contributed by atoms with Gasteiger partial charge in [0, 0.05) is 45.1 Å². The van der Waals surface area contributed by atoms with Gasteiger partial charge >= 0.3 is 0 Å². The number of hydrogen-bond acceptors (Lipinski definition) is 5. The SMILES string of the molecule is CN(C)C=C1CC(=O)CCC1=O.OCCO. The van der Waals surface area contributed by atoms with Crippen LogP contribution in [0.15, 0.2) is 11.8 Å². The molecule has 92 valence electrons. The summed E-state index contributed by atoms with van der Waals surface area (Å²) in [6.07, 6.45) is 2.86. The number of Topliss-reactive ketones (excluding diaryl/α,β-unsaturated/α-hetero) is 2. The van der Waals surface area contributed by atoms with Crippen LogP contribution in [-0.4, -0.2) is 54.0 Å². The van der Waals surface area contributed by atoms with Gasteiger partial charge in [-0.25, -0.2) is 0 Å². The van der Waals surface area contributed by atoms with Crippen LogP contribution in [0.5, 0.6) is 0 Å². The summed E-state index contributed by atoms with van der Waals surface area (Å²) in [6.45, 7) is -0.250. The van der Waals surface area contributed by atoms with Gasteiger partial charge in [0.25, 0.3) is 0 Å². The monoisotopic (exact) mass is 229 g/mol. The van der Waals surface area contributed by atoms with Crippen LogP contribution < -0.4 is 0 Å². The van der Waals surface area contributed by atoms with Gasteiger partial charge in [0.2, 0.25) is 0 Å². The van der Waals surface area contributed by atoms with E-state index >= 15 is 0 Å². The van der Waals surface area contributed by atoms with Gasteiger partial charge in [-0.1, -0.05) is 0 Å². The lowest BCUT2D eigenvalue weighted by Crippen LogP contribution is -2.18. The minimum absolute atomic E-state index is 0.114. The molecule has 0 amide bonds. The van der Waals surface area contributed by atoms with Gasteiger partial charge in [0.05, 0.1) is 13.2 Å². The zero-order chi connectivity index (χ0) is 12.6. The normalized spacial score (nSPS) is 18.1. The number of carbonyl (C=O) groups excluding carboxylic acids is 2. The summed E-state index contributed by atoms with van der Waals surface area (Å²) >= 11 is 0. The molecule has 0 atom stereocenters. The van der Waals surface area contributed by atoms with Gasteiger partial charge in [-0.3, -0.25) is 9.59 Å². The lowest BCUT2D eigenvalue weighted by atomic mass is 9.93. The number of allylic oxidation sites excluding steroid dienone is 1. The van der Waals surface area contributed by atoms with Crippen molar-refractivity contribution < 1.29 is 19.8 Å². The summed E-state index contributed by atoms with van der Waals surface area (Å²) in [5.41, 5.74) is 0.649. The molecule has 0 bridgehead atoms. The standard InChI is InChI=1S/C9H13NO2.C2H6O2/c1-10(2)6-7-5-8(11)3-4-9(7)12;3-1-2-4/h6H,3-5H2,1-2H3;3-4H,1-2H2. The molecule has 0 unspecified atom stereocenters. The molecule has 0 aliphatic heterocycles. The van der Waals surface area contributed by atoms with Gasteiger partial charge in [0.1, 0.15) is 5.78 Å². The highest BCUT2D eigenvalue weighted by molar-refractivity contribution is 6.05. The Morgan fingerprint density at radius 1 is 1.19 bits per heavy atom. The van der Waals surface area contributed by atoms with E-state index in [4.69, 9.17) is 10.2 Å². The number of hydrogen-bond donors (Lipinski definition) is 2. The lowest BCUT2D eigenvalue weighted by Gasteiger charge is -2.14. The summed E-state index contributed by atoms with van der Waals surface area (Å²) in [5.74, 6) is 0.283. The van der Waals surface area contributed by atoms with Crippen molar-refractivity contribution in [2.24, 2.45) is 0 Å². The van der Waals surface area contributed by atoms with Crippen LogP contribution in [0.2, 0.25) is 0 Å². The minimum Gasteiger partial charge on any atom is -0.394 e. The van der Waals surface area contributed by atoms with E-state index in [9.17, 15) is 9.59 Å². The Morgan fingerprint density at radius 2 is 1.75 bits per heavy atom. The lowest BCUT2D eigenvalue weighted by molar-refractivity contribution is -0.125. The van der Waals surface area contributed by atoms with Crippen molar-refractivity contribution in [3.05, 3.63) is 11.8 Å². The van der Waals surface area contributed by atoms with E-state index in [2.05, 4.69) is 0 Å². The molecule has 1 rings (SSSR count). The van der Waals surface area contributed by atoms with E-state index in [0.717, 1.165) is 0 Å². The topological polar surface area (TPSA) is 77.8 Å². The highest BCUT2D eigenvalue weighted by Crippen LogP contribution is 2.16. The Balaban J connectivity index is 0.000000487. The molecule has 1 saturated carbocycles. The molecule has 0 heterocycles. The van der Waals surface area contributed by atoms with Gasteiger partial charge in [-0.15, -0.1) is 0 Å². The Labute approximate surface area is 95.4 Å². The smallest absolute Gasteiger partial charge is 0.161 e. The second kappa shape index (κ2) is 8.01. The van der Waals surface area contributed by atoms with E-state index < -0.39 is 0 Å². The van der Waals surface area contributed by atoms with E-state index in [-0.39, 0.29) is 24.8 Å². The molecule has 5 heteroatoms. The molecule has 0 saturated heterocycles. The molecule has 0 spiro atoms. The van der Waals surface area contributed by atoms with Crippen molar-refractivity contribution in [3.63, 3.8) is 0 Å². The fourth-order valence-corrected chi connectivity index (χ4v) is 1.24. The highest BCUT2D eigenvalue weighted by Gasteiger charge is 2.20. The summed E-state index contributed by atoms with van der Waals surface area (Å²) in [6, 6.07) is 0. The number of carbonyl (C=O) groups is 2. The molecular weight excluding hydrogens is 210 g/mol. The van der Waals surface area contributed by atoms with Crippen molar-refractivity contribution in [3.8, 4) is 0 Å². The van der Waals surface area contributed by atoms with Crippen molar-refractivity contribution in [1.29, 1.82) is 0 Å². The molecule has 0 aromatic heterocycles. The van der Waals surface area contributed by atoms with Crippen molar-refractivity contribution >= 4 is 11.6 Å². The van der Waals surface area contributed by atoms with E-state index in [1.54, 1.807) is 11.1 Å². The molecule has 2 N–H and O–H groups in total. The Hall–Kier alpha value is -1.20. The predicted molar refractivity (Wildman–Crippen MR) is 59.8 cm³/mol. The van der Waals surface area contributed by atoms with Crippen LogP contribution in [0.4, 0.5) is 0 Å². The summed E-state index contributed by atoms with van der Waals surface area (Å²) in [7, 11) is 3.69. The summed E-state index contributed by atoms with van der Waals surface area (Å²) in [4.78, 5) is 24.0. The average Bonchev–Trinajstić information content (AvgIpc) is 2.23. The number of aliphatic hydroxyl groups excluding tert-OH is 2. The maximum Gasteiger partial charge on any atom is 0.161 e. The molecule has 0 aromatic rings. The zero-order valence-electron chi connectivity index (χ0n) is 9.77. The maximum atomic E-state index is 11.2. The van der Waals surface area contributed by atoms with Crippen LogP contribution in [0.3, 0.4) is 0 Å².